The molecule has 0 bridgehead atoms. The summed E-state index contributed by atoms with van der Waals surface area (Å²) < 4.78 is 32.8. The Morgan fingerprint density at radius 1 is 0.750 bits per heavy atom. The lowest BCUT2D eigenvalue weighted by Gasteiger charge is -2.27. The van der Waals surface area contributed by atoms with E-state index >= 15 is 0 Å². The molecule has 1 fully saturated rings. The summed E-state index contributed by atoms with van der Waals surface area (Å²) in [6.45, 7) is 3.65. The first-order valence-corrected chi connectivity index (χ1v) is 11.2. The summed E-state index contributed by atoms with van der Waals surface area (Å²) in [5, 5.41) is 5.49. The SMILES string of the molecule is COc1cc(/C=C2\NC(=O)C(Cc3cc(OC)c(OC)c(C)c3OC)NC2=O)c(OC)c(C)c1OC. The number of amides is 2. The van der Waals surface area contributed by atoms with Crippen LogP contribution in [-0.4, -0.2) is 60.5 Å². The van der Waals surface area contributed by atoms with Crippen molar-refractivity contribution in [2.75, 3.05) is 42.7 Å². The number of methoxy groups -OCH3 is 6. The Balaban J connectivity index is 1.93. The number of rotatable bonds is 9. The molecule has 194 valence electrons. The van der Waals surface area contributed by atoms with Gasteiger partial charge in [0.2, 0.25) is 5.91 Å². The zero-order valence-electron chi connectivity index (χ0n) is 21.8. The smallest absolute Gasteiger partial charge is 0.268 e. The van der Waals surface area contributed by atoms with Crippen LogP contribution in [-0.2, 0) is 16.0 Å². The summed E-state index contributed by atoms with van der Waals surface area (Å²) in [7, 11) is 9.18. The lowest BCUT2D eigenvalue weighted by atomic mass is 9.98. The maximum atomic E-state index is 13.0. The number of carbonyl (C=O) groups excluding carboxylic acids is 2. The first-order valence-electron chi connectivity index (χ1n) is 11.2. The van der Waals surface area contributed by atoms with Gasteiger partial charge in [-0.1, -0.05) is 0 Å². The number of hydrogen-bond acceptors (Lipinski definition) is 8. The summed E-state index contributed by atoms with van der Waals surface area (Å²) in [5.74, 6) is 2.28. The Morgan fingerprint density at radius 3 is 1.81 bits per heavy atom. The van der Waals surface area contributed by atoms with Crippen molar-refractivity contribution in [2.45, 2.75) is 26.3 Å². The molecule has 0 aromatic heterocycles. The molecule has 1 saturated heterocycles. The third-order valence-corrected chi connectivity index (χ3v) is 6.06. The van der Waals surface area contributed by atoms with Crippen LogP contribution >= 0.6 is 0 Å². The van der Waals surface area contributed by atoms with E-state index in [9.17, 15) is 9.59 Å². The lowest BCUT2D eigenvalue weighted by molar-refractivity contribution is -0.131. The Kier molecular flexibility index (Phi) is 8.18. The number of carbonyl (C=O) groups is 2. The van der Waals surface area contributed by atoms with Gasteiger partial charge in [0.05, 0.1) is 42.7 Å². The van der Waals surface area contributed by atoms with E-state index in [0.717, 1.165) is 5.56 Å². The van der Waals surface area contributed by atoms with Crippen molar-refractivity contribution in [1.82, 2.24) is 10.6 Å². The summed E-state index contributed by atoms with van der Waals surface area (Å²) in [5.41, 5.74) is 2.75. The molecular formula is C26H32N2O8. The van der Waals surface area contributed by atoms with Crippen LogP contribution in [0.2, 0.25) is 0 Å². The van der Waals surface area contributed by atoms with Crippen molar-refractivity contribution in [2.24, 2.45) is 0 Å². The van der Waals surface area contributed by atoms with Gasteiger partial charge in [0.15, 0.2) is 23.0 Å². The van der Waals surface area contributed by atoms with E-state index in [0.29, 0.717) is 51.2 Å². The standard InChI is InChI=1S/C26H32N2O8/c1-13-21(33-5)15(11-19(31-3)23(13)35-7)9-17-25(29)28-18(26(30)27-17)10-16-12-20(32-4)24(36-8)14(2)22(16)34-6/h9,11-12,18H,10H2,1-8H3,(H,27,30)(H,28,29)/b17-9-. The van der Waals surface area contributed by atoms with Gasteiger partial charge in [0.25, 0.3) is 5.91 Å². The number of benzene rings is 2. The summed E-state index contributed by atoms with van der Waals surface area (Å²) in [6.07, 6.45) is 1.73. The maximum absolute atomic E-state index is 13.0. The zero-order chi connectivity index (χ0) is 26.6. The molecule has 1 heterocycles. The molecule has 1 unspecified atom stereocenters. The van der Waals surface area contributed by atoms with E-state index in [4.69, 9.17) is 28.4 Å². The van der Waals surface area contributed by atoms with Gasteiger partial charge in [-0.05, 0) is 32.1 Å². The van der Waals surface area contributed by atoms with E-state index in [1.807, 2.05) is 13.8 Å². The Morgan fingerprint density at radius 2 is 1.28 bits per heavy atom. The van der Waals surface area contributed by atoms with Gasteiger partial charge >= 0.3 is 0 Å². The minimum Gasteiger partial charge on any atom is -0.496 e. The Hall–Kier alpha value is -4.08. The Labute approximate surface area is 210 Å². The first-order chi connectivity index (χ1) is 17.2. The molecular weight excluding hydrogens is 468 g/mol. The topological polar surface area (TPSA) is 114 Å². The van der Waals surface area contributed by atoms with E-state index in [2.05, 4.69) is 10.6 Å². The minimum absolute atomic E-state index is 0.0802. The van der Waals surface area contributed by atoms with Gasteiger partial charge in [-0.2, -0.15) is 0 Å². The van der Waals surface area contributed by atoms with E-state index in [1.54, 1.807) is 25.3 Å². The molecule has 1 aliphatic heterocycles. The molecule has 36 heavy (non-hydrogen) atoms. The molecule has 2 aromatic rings. The fourth-order valence-electron chi connectivity index (χ4n) is 4.42. The number of nitrogens with one attached hydrogen (secondary N) is 2. The predicted octanol–water partition coefficient (Wildman–Crippen LogP) is 2.55. The second-order valence-corrected chi connectivity index (χ2v) is 8.07. The fourth-order valence-corrected chi connectivity index (χ4v) is 4.42. The van der Waals surface area contributed by atoms with Crippen LogP contribution < -0.4 is 39.1 Å². The summed E-state index contributed by atoms with van der Waals surface area (Å²) >= 11 is 0. The normalized spacial score (nSPS) is 16.2. The van der Waals surface area contributed by atoms with Crippen molar-refractivity contribution in [3.8, 4) is 34.5 Å². The van der Waals surface area contributed by atoms with E-state index in [-0.39, 0.29) is 18.0 Å². The highest BCUT2D eigenvalue weighted by molar-refractivity contribution is 6.07. The highest BCUT2D eigenvalue weighted by Crippen LogP contribution is 2.41. The van der Waals surface area contributed by atoms with Gasteiger partial charge in [-0.15, -0.1) is 0 Å². The lowest BCUT2D eigenvalue weighted by Crippen LogP contribution is -2.55. The number of piperazine rings is 1. The molecule has 10 nitrogen and oxygen atoms in total. The molecule has 0 saturated carbocycles. The van der Waals surface area contributed by atoms with Crippen molar-refractivity contribution >= 4 is 17.9 Å². The van der Waals surface area contributed by atoms with Crippen LogP contribution in [0.15, 0.2) is 17.8 Å². The van der Waals surface area contributed by atoms with Gasteiger partial charge in [0.1, 0.15) is 23.2 Å². The second kappa shape index (κ2) is 11.1. The maximum Gasteiger partial charge on any atom is 0.268 e. The van der Waals surface area contributed by atoms with Gasteiger partial charge in [-0.3, -0.25) is 9.59 Å². The molecule has 3 rings (SSSR count). The van der Waals surface area contributed by atoms with Crippen LogP contribution in [0.3, 0.4) is 0 Å². The molecule has 1 aliphatic rings. The number of ether oxygens (including phenoxy) is 6. The summed E-state index contributed by atoms with van der Waals surface area (Å²) in [4.78, 5) is 26.0. The van der Waals surface area contributed by atoms with Crippen LogP contribution in [0.4, 0.5) is 0 Å². The predicted molar refractivity (Wildman–Crippen MR) is 133 cm³/mol. The molecule has 0 radical (unpaired) electrons. The molecule has 1 atom stereocenters. The summed E-state index contributed by atoms with van der Waals surface area (Å²) in [6, 6.07) is 2.60. The Bertz CT molecular complexity index is 1210. The molecule has 10 heteroatoms. The molecule has 2 amide bonds. The average molecular weight is 501 g/mol. The van der Waals surface area contributed by atoms with E-state index in [1.165, 1.54) is 35.5 Å². The number of hydrogen-bond donors (Lipinski definition) is 2. The molecule has 0 spiro atoms. The van der Waals surface area contributed by atoms with Crippen molar-refractivity contribution in [3.05, 3.63) is 40.1 Å². The van der Waals surface area contributed by atoms with Crippen molar-refractivity contribution in [1.29, 1.82) is 0 Å². The second-order valence-electron chi connectivity index (χ2n) is 8.07. The molecule has 2 N–H and O–H groups in total. The highest BCUT2D eigenvalue weighted by Gasteiger charge is 2.32. The molecule has 2 aromatic carbocycles. The fraction of sp³-hybridized carbons (Fsp3) is 0.385. The van der Waals surface area contributed by atoms with Crippen LogP contribution in [0.25, 0.3) is 6.08 Å². The van der Waals surface area contributed by atoms with Gasteiger partial charge in [-0.25, -0.2) is 0 Å². The first kappa shape index (κ1) is 26.5. The van der Waals surface area contributed by atoms with Crippen LogP contribution in [0.1, 0.15) is 22.3 Å². The molecule has 0 aliphatic carbocycles. The third-order valence-electron chi connectivity index (χ3n) is 6.06. The average Bonchev–Trinajstić information content (AvgIpc) is 2.86. The minimum atomic E-state index is -0.824. The van der Waals surface area contributed by atoms with Crippen LogP contribution in [0, 0.1) is 13.8 Å². The largest absolute Gasteiger partial charge is 0.496 e. The monoisotopic (exact) mass is 500 g/mol. The van der Waals surface area contributed by atoms with Crippen LogP contribution in [0.5, 0.6) is 34.5 Å². The van der Waals surface area contributed by atoms with Gasteiger partial charge in [0, 0.05) is 28.7 Å². The quantitative estimate of drug-likeness (QED) is 0.505. The van der Waals surface area contributed by atoms with Gasteiger partial charge < -0.3 is 39.1 Å². The zero-order valence-corrected chi connectivity index (χ0v) is 21.8. The van der Waals surface area contributed by atoms with Crippen molar-refractivity contribution < 1.29 is 38.0 Å². The van der Waals surface area contributed by atoms with Crippen molar-refractivity contribution in [3.63, 3.8) is 0 Å². The third kappa shape index (κ3) is 4.84. The van der Waals surface area contributed by atoms with E-state index < -0.39 is 11.9 Å². The highest BCUT2D eigenvalue weighted by atomic mass is 16.5.